The van der Waals surface area contributed by atoms with Crippen molar-refractivity contribution in [2.24, 2.45) is 0 Å². The third-order valence-electron chi connectivity index (χ3n) is 1.52. The first-order chi connectivity index (χ1) is 5.40. The van der Waals surface area contributed by atoms with Crippen LogP contribution in [-0.2, 0) is 0 Å². The van der Waals surface area contributed by atoms with E-state index in [1.165, 1.54) is 0 Å². The third-order valence-corrected chi connectivity index (χ3v) is 1.52. The van der Waals surface area contributed by atoms with Crippen molar-refractivity contribution in [3.05, 3.63) is 30.2 Å². The summed E-state index contributed by atoms with van der Waals surface area (Å²) in [6.07, 6.45) is 6.86. The maximum Gasteiger partial charge on any atom is 0.231 e. The first-order valence-electron chi connectivity index (χ1n) is 3.22. The molecule has 0 saturated heterocycles. The van der Waals surface area contributed by atoms with E-state index in [0.717, 1.165) is 5.75 Å². The van der Waals surface area contributed by atoms with Gasteiger partial charge in [-0.2, -0.15) is 0 Å². The van der Waals surface area contributed by atoms with Gasteiger partial charge < -0.3 is 9.47 Å². The molecule has 0 aliphatic carbocycles. The molecule has 11 heavy (non-hydrogen) atoms. The van der Waals surface area contributed by atoms with Crippen LogP contribution in [0.15, 0.2) is 18.2 Å². The van der Waals surface area contributed by atoms with Gasteiger partial charge in [-0.3, -0.25) is 0 Å². The van der Waals surface area contributed by atoms with E-state index < -0.39 is 0 Å². The number of rotatable bonds is 0. The Balaban J connectivity index is 2.51. The Bertz CT molecular complexity index is 323. The molecule has 1 heterocycles. The molecule has 0 saturated carbocycles. The molecule has 0 unspecified atom stereocenters. The van der Waals surface area contributed by atoms with Crippen LogP contribution in [0.3, 0.4) is 0 Å². The van der Waals surface area contributed by atoms with Crippen molar-refractivity contribution in [3.63, 3.8) is 0 Å². The fraction of sp³-hybridized carbons (Fsp3) is 0.111. The number of hydrogen-bond donors (Lipinski definition) is 0. The van der Waals surface area contributed by atoms with E-state index in [1.54, 1.807) is 18.2 Å². The zero-order valence-corrected chi connectivity index (χ0v) is 5.76. The van der Waals surface area contributed by atoms with E-state index >= 15 is 0 Å². The predicted molar refractivity (Wildman–Crippen MR) is 38.8 cm³/mol. The van der Waals surface area contributed by atoms with Gasteiger partial charge in [0.05, 0.1) is 0 Å². The maximum absolute atomic E-state index is 6.86. The monoisotopic (exact) mass is 145 g/mol. The van der Waals surface area contributed by atoms with Crippen LogP contribution in [0.25, 0.3) is 0 Å². The Kier molecular flexibility index (Phi) is 1.23. The summed E-state index contributed by atoms with van der Waals surface area (Å²) in [7, 11) is 0. The fourth-order valence-electron chi connectivity index (χ4n) is 0.974. The number of fused-ring (bicyclic) bond motifs is 1. The molecule has 1 radical (unpaired) electrons. The molecule has 0 spiro atoms. The van der Waals surface area contributed by atoms with Crippen molar-refractivity contribution in [2.45, 2.75) is 0 Å². The van der Waals surface area contributed by atoms with Gasteiger partial charge in [-0.05, 0) is 24.6 Å². The highest BCUT2D eigenvalue weighted by molar-refractivity contribution is 5.48. The highest BCUT2D eigenvalue weighted by Gasteiger charge is 2.11. The van der Waals surface area contributed by atoms with Gasteiger partial charge in [0.1, 0.15) is 0 Å². The summed E-state index contributed by atoms with van der Waals surface area (Å²) in [6, 6.07) is 5.27. The minimum absolute atomic E-state index is 0.275. The lowest BCUT2D eigenvalue weighted by atomic mass is 10.2. The zero-order valence-electron chi connectivity index (χ0n) is 5.76. The molecule has 0 N–H and O–H groups in total. The fourth-order valence-corrected chi connectivity index (χ4v) is 0.974. The minimum Gasteiger partial charge on any atom is -0.454 e. The molecule has 2 heteroatoms. The van der Waals surface area contributed by atoms with Crippen LogP contribution in [0.5, 0.6) is 11.5 Å². The standard InChI is InChI=1S/C9H5O2/c1-2-7-3-4-8-9(5-7)11-6-10-8/h3-5H,6H2. The lowest BCUT2D eigenvalue weighted by Gasteiger charge is -1.94. The summed E-state index contributed by atoms with van der Waals surface area (Å²) >= 11 is 0. The number of ether oxygens (including phenoxy) is 2. The van der Waals surface area contributed by atoms with Crippen LogP contribution < -0.4 is 9.47 Å². The topological polar surface area (TPSA) is 18.5 Å². The average Bonchev–Trinajstić information content (AvgIpc) is 2.50. The van der Waals surface area contributed by atoms with E-state index in [1.807, 2.05) is 0 Å². The minimum atomic E-state index is 0.275. The second-order valence-corrected chi connectivity index (χ2v) is 2.19. The van der Waals surface area contributed by atoms with Gasteiger partial charge >= 0.3 is 0 Å². The molecule has 0 fully saturated rings. The van der Waals surface area contributed by atoms with Crippen LogP contribution in [-0.4, -0.2) is 6.79 Å². The lowest BCUT2D eigenvalue weighted by Crippen LogP contribution is -1.92. The van der Waals surface area contributed by atoms with Gasteiger partial charge in [0.15, 0.2) is 11.5 Å². The largest absolute Gasteiger partial charge is 0.454 e. The van der Waals surface area contributed by atoms with Crippen molar-refractivity contribution >= 4 is 0 Å². The van der Waals surface area contributed by atoms with Crippen LogP contribution in [0.2, 0.25) is 0 Å². The summed E-state index contributed by atoms with van der Waals surface area (Å²) in [5.41, 5.74) is 0.703. The Morgan fingerprint density at radius 1 is 1.27 bits per heavy atom. The summed E-state index contributed by atoms with van der Waals surface area (Å²) in [5.74, 6) is 3.71. The second-order valence-electron chi connectivity index (χ2n) is 2.19. The van der Waals surface area contributed by atoms with Gasteiger partial charge in [0.2, 0.25) is 6.79 Å². The summed E-state index contributed by atoms with van der Waals surface area (Å²) in [5, 5.41) is 0. The van der Waals surface area contributed by atoms with Gasteiger partial charge in [-0.1, -0.05) is 5.92 Å². The molecule has 0 aromatic heterocycles. The molecular formula is C9H5O2. The molecule has 0 atom stereocenters. The van der Waals surface area contributed by atoms with Crippen molar-refractivity contribution in [1.29, 1.82) is 0 Å². The Hall–Kier alpha value is -1.62. The van der Waals surface area contributed by atoms with E-state index in [-0.39, 0.29) is 6.79 Å². The molecule has 53 valence electrons. The van der Waals surface area contributed by atoms with Gasteiger partial charge in [-0.25, -0.2) is 0 Å². The van der Waals surface area contributed by atoms with E-state index in [2.05, 4.69) is 5.92 Å². The molecule has 2 rings (SSSR count). The molecule has 0 amide bonds. The Labute approximate surface area is 64.7 Å². The number of hydrogen-bond acceptors (Lipinski definition) is 2. The van der Waals surface area contributed by atoms with Crippen LogP contribution in [0.4, 0.5) is 0 Å². The highest BCUT2D eigenvalue weighted by atomic mass is 16.7. The maximum atomic E-state index is 6.86. The van der Waals surface area contributed by atoms with Gasteiger partial charge in [0.25, 0.3) is 0 Å². The van der Waals surface area contributed by atoms with Gasteiger partial charge in [-0.15, -0.1) is 0 Å². The van der Waals surface area contributed by atoms with Crippen molar-refractivity contribution in [1.82, 2.24) is 0 Å². The smallest absolute Gasteiger partial charge is 0.231 e. The van der Waals surface area contributed by atoms with Crippen molar-refractivity contribution in [2.75, 3.05) is 6.79 Å². The first kappa shape index (κ1) is 6.11. The predicted octanol–water partition coefficient (Wildman–Crippen LogP) is 1.35. The summed E-state index contributed by atoms with van der Waals surface area (Å²) in [6.45, 7) is 0.275. The van der Waals surface area contributed by atoms with E-state index in [4.69, 9.17) is 15.9 Å². The van der Waals surface area contributed by atoms with Gasteiger partial charge in [0, 0.05) is 5.56 Å². The molecule has 1 aliphatic heterocycles. The zero-order chi connectivity index (χ0) is 7.68. The van der Waals surface area contributed by atoms with E-state index in [9.17, 15) is 0 Å². The molecule has 0 bridgehead atoms. The Morgan fingerprint density at radius 3 is 2.91 bits per heavy atom. The SMILES string of the molecule is [C]#Cc1ccc2c(c1)OCO2. The quantitative estimate of drug-likeness (QED) is 0.513. The first-order valence-corrected chi connectivity index (χ1v) is 3.22. The second kappa shape index (κ2) is 2.21. The van der Waals surface area contributed by atoms with Crippen molar-refractivity contribution < 1.29 is 9.47 Å². The molecule has 1 aliphatic rings. The average molecular weight is 145 g/mol. The van der Waals surface area contributed by atoms with Crippen LogP contribution >= 0.6 is 0 Å². The lowest BCUT2D eigenvalue weighted by molar-refractivity contribution is 0.174. The van der Waals surface area contributed by atoms with E-state index in [0.29, 0.717) is 11.3 Å². The van der Waals surface area contributed by atoms with Crippen molar-refractivity contribution in [3.8, 4) is 17.4 Å². The normalized spacial score (nSPS) is 12.6. The number of benzene rings is 1. The molecule has 1 aromatic carbocycles. The summed E-state index contributed by atoms with van der Waals surface area (Å²) < 4.78 is 10.2. The Morgan fingerprint density at radius 2 is 2.09 bits per heavy atom. The molecule has 2 nitrogen and oxygen atoms in total. The highest BCUT2D eigenvalue weighted by Crippen LogP contribution is 2.31. The molecular weight excluding hydrogens is 140 g/mol. The van der Waals surface area contributed by atoms with Crippen LogP contribution in [0.1, 0.15) is 5.56 Å². The molecule has 1 aromatic rings. The summed E-state index contributed by atoms with van der Waals surface area (Å²) in [4.78, 5) is 0. The third kappa shape index (κ3) is 0.908. The van der Waals surface area contributed by atoms with Crippen LogP contribution in [0, 0.1) is 12.3 Å².